The summed E-state index contributed by atoms with van der Waals surface area (Å²) in [6.45, 7) is 8.62. The van der Waals surface area contributed by atoms with E-state index in [1.54, 1.807) is 12.1 Å². The minimum atomic E-state index is -0.489. The highest BCUT2D eigenvalue weighted by atomic mass is 16.6. The van der Waals surface area contributed by atoms with Gasteiger partial charge in [-0.1, -0.05) is 6.92 Å². The molecule has 124 valence electrons. The first-order valence-corrected chi connectivity index (χ1v) is 7.90. The normalized spacial score (nSPS) is 11.7. The molecule has 0 aliphatic heterocycles. The SMILES string of the molecule is CCOB(OC(C)(C)CC)c1c[nH]c2ccc(C(=O)OC)cc12. The van der Waals surface area contributed by atoms with Crippen molar-refractivity contribution >= 4 is 29.5 Å². The van der Waals surface area contributed by atoms with Gasteiger partial charge in [0, 0.05) is 34.8 Å². The number of methoxy groups -OCH3 is 1. The van der Waals surface area contributed by atoms with E-state index < -0.39 is 7.12 Å². The zero-order valence-corrected chi connectivity index (χ0v) is 14.4. The summed E-state index contributed by atoms with van der Waals surface area (Å²) in [7, 11) is 0.886. The minimum absolute atomic E-state index is 0.302. The van der Waals surface area contributed by atoms with Gasteiger partial charge in [0.05, 0.1) is 12.7 Å². The van der Waals surface area contributed by atoms with Crippen LogP contribution in [-0.2, 0) is 14.0 Å². The van der Waals surface area contributed by atoms with Crippen molar-refractivity contribution in [2.75, 3.05) is 13.7 Å². The molecular formula is C17H24BNO4. The summed E-state index contributed by atoms with van der Waals surface area (Å²) in [5, 5.41) is 0.901. The van der Waals surface area contributed by atoms with Crippen LogP contribution in [0.25, 0.3) is 10.9 Å². The van der Waals surface area contributed by atoms with Gasteiger partial charge < -0.3 is 19.0 Å². The molecule has 5 nitrogen and oxygen atoms in total. The second kappa shape index (κ2) is 7.19. The Morgan fingerprint density at radius 2 is 2.04 bits per heavy atom. The second-order valence-corrected chi connectivity index (χ2v) is 6.01. The van der Waals surface area contributed by atoms with Crippen molar-refractivity contribution in [2.45, 2.75) is 39.7 Å². The van der Waals surface area contributed by atoms with Gasteiger partial charge in [0.15, 0.2) is 0 Å². The number of H-pyrrole nitrogens is 1. The highest BCUT2D eigenvalue weighted by molar-refractivity contribution is 6.64. The maximum Gasteiger partial charge on any atom is 0.496 e. The maximum absolute atomic E-state index is 11.8. The first-order chi connectivity index (χ1) is 10.9. The molecule has 0 saturated carbocycles. The molecule has 23 heavy (non-hydrogen) atoms. The lowest BCUT2D eigenvalue weighted by Crippen LogP contribution is -2.43. The van der Waals surface area contributed by atoms with Crippen molar-refractivity contribution in [3.8, 4) is 0 Å². The van der Waals surface area contributed by atoms with E-state index in [0.29, 0.717) is 12.2 Å². The number of aromatic amines is 1. The van der Waals surface area contributed by atoms with Crippen LogP contribution < -0.4 is 5.46 Å². The van der Waals surface area contributed by atoms with Crippen LogP contribution in [0.5, 0.6) is 0 Å². The molecule has 2 aromatic rings. The van der Waals surface area contributed by atoms with Crippen molar-refractivity contribution in [1.29, 1.82) is 0 Å². The van der Waals surface area contributed by atoms with E-state index in [0.717, 1.165) is 22.8 Å². The third-order valence-electron chi connectivity index (χ3n) is 3.98. The van der Waals surface area contributed by atoms with E-state index in [1.807, 2.05) is 33.0 Å². The fourth-order valence-electron chi connectivity index (χ4n) is 2.29. The standard InChI is InChI=1S/C17H24BNO4/c1-6-17(3,4)23-18(22-7-2)14-11-19-15-9-8-12(10-13(14)15)16(20)21-5/h8-11,19H,6-7H2,1-5H3. The molecule has 0 spiro atoms. The van der Waals surface area contributed by atoms with Gasteiger partial charge in [-0.05, 0) is 45.4 Å². The van der Waals surface area contributed by atoms with Crippen molar-refractivity contribution in [3.63, 3.8) is 0 Å². The fourth-order valence-corrected chi connectivity index (χ4v) is 2.29. The summed E-state index contributed by atoms with van der Waals surface area (Å²) in [5.74, 6) is -0.359. The monoisotopic (exact) mass is 317 g/mol. The van der Waals surface area contributed by atoms with Gasteiger partial charge >= 0.3 is 13.1 Å². The molecule has 2 rings (SSSR count). The van der Waals surface area contributed by atoms with Crippen molar-refractivity contribution in [3.05, 3.63) is 30.0 Å². The lowest BCUT2D eigenvalue weighted by molar-refractivity contribution is 0.0600. The average molecular weight is 317 g/mol. The number of ether oxygens (including phenoxy) is 1. The van der Waals surface area contributed by atoms with E-state index in [1.165, 1.54) is 7.11 Å². The molecule has 0 radical (unpaired) electrons. The Kier molecular flexibility index (Phi) is 5.49. The summed E-state index contributed by atoms with van der Waals surface area (Å²) in [5.41, 5.74) is 2.01. The lowest BCUT2D eigenvalue weighted by atomic mass is 9.77. The number of hydrogen-bond acceptors (Lipinski definition) is 4. The number of hydrogen-bond donors (Lipinski definition) is 1. The van der Waals surface area contributed by atoms with Crippen molar-refractivity contribution < 1.29 is 18.8 Å². The van der Waals surface area contributed by atoms with Crippen LogP contribution in [0, 0.1) is 0 Å². The van der Waals surface area contributed by atoms with Crippen LogP contribution >= 0.6 is 0 Å². The van der Waals surface area contributed by atoms with E-state index in [2.05, 4.69) is 11.9 Å². The van der Waals surface area contributed by atoms with Crippen LogP contribution in [0.4, 0.5) is 0 Å². The number of rotatable bonds is 7. The zero-order valence-electron chi connectivity index (χ0n) is 14.4. The third-order valence-corrected chi connectivity index (χ3v) is 3.98. The van der Waals surface area contributed by atoms with Crippen molar-refractivity contribution in [1.82, 2.24) is 4.98 Å². The average Bonchev–Trinajstić information content (AvgIpc) is 2.96. The number of benzene rings is 1. The summed E-state index contributed by atoms with van der Waals surface area (Å²) in [4.78, 5) is 15.0. The Hall–Kier alpha value is -1.79. The molecule has 0 saturated heterocycles. The molecule has 1 aromatic carbocycles. The van der Waals surface area contributed by atoms with Gasteiger partial charge in [0.2, 0.25) is 0 Å². The van der Waals surface area contributed by atoms with Gasteiger partial charge in [0.1, 0.15) is 0 Å². The number of aromatic nitrogens is 1. The molecule has 0 atom stereocenters. The van der Waals surface area contributed by atoms with E-state index in [4.69, 9.17) is 14.0 Å². The summed E-state index contributed by atoms with van der Waals surface area (Å²) >= 11 is 0. The largest absolute Gasteiger partial charge is 0.496 e. The van der Waals surface area contributed by atoms with Crippen LogP contribution in [0.2, 0.25) is 0 Å². The maximum atomic E-state index is 11.8. The molecule has 1 N–H and O–H groups in total. The molecule has 0 bridgehead atoms. The number of carbonyl (C=O) groups excluding carboxylic acids is 1. The Morgan fingerprint density at radius 1 is 1.30 bits per heavy atom. The van der Waals surface area contributed by atoms with Crippen LogP contribution in [0.3, 0.4) is 0 Å². The minimum Gasteiger partial charge on any atom is -0.465 e. The molecule has 0 aliphatic carbocycles. The zero-order chi connectivity index (χ0) is 17.0. The van der Waals surface area contributed by atoms with Crippen LogP contribution in [0.15, 0.2) is 24.4 Å². The van der Waals surface area contributed by atoms with Crippen LogP contribution in [0.1, 0.15) is 44.5 Å². The first kappa shape index (κ1) is 17.6. The molecule has 1 heterocycles. The highest BCUT2D eigenvalue weighted by Gasteiger charge is 2.31. The summed E-state index contributed by atoms with van der Waals surface area (Å²) < 4.78 is 16.7. The van der Waals surface area contributed by atoms with Gasteiger partial charge in [-0.15, -0.1) is 0 Å². The summed E-state index contributed by atoms with van der Waals surface area (Å²) in [6.07, 6.45) is 2.74. The topological polar surface area (TPSA) is 60.5 Å². The Bertz CT molecular complexity index is 680. The number of fused-ring (bicyclic) bond motifs is 1. The van der Waals surface area contributed by atoms with Gasteiger partial charge in [-0.25, -0.2) is 4.79 Å². The van der Waals surface area contributed by atoms with E-state index in [9.17, 15) is 4.79 Å². The quantitative estimate of drug-likeness (QED) is 0.630. The molecular weight excluding hydrogens is 293 g/mol. The molecule has 0 fully saturated rings. The Morgan fingerprint density at radius 3 is 2.65 bits per heavy atom. The van der Waals surface area contributed by atoms with Gasteiger partial charge in [0.25, 0.3) is 0 Å². The Labute approximate surface area is 137 Å². The smallest absolute Gasteiger partial charge is 0.465 e. The molecule has 0 aliphatic rings. The Balaban J connectivity index is 2.44. The predicted octanol–water partition coefficient (Wildman–Crippen LogP) is 2.89. The van der Waals surface area contributed by atoms with Gasteiger partial charge in [-0.2, -0.15) is 0 Å². The highest BCUT2D eigenvalue weighted by Crippen LogP contribution is 2.19. The molecule has 0 unspecified atom stereocenters. The third kappa shape index (κ3) is 3.95. The van der Waals surface area contributed by atoms with Gasteiger partial charge in [-0.3, -0.25) is 0 Å². The van der Waals surface area contributed by atoms with E-state index in [-0.39, 0.29) is 11.6 Å². The van der Waals surface area contributed by atoms with Crippen LogP contribution in [-0.4, -0.2) is 37.4 Å². The van der Waals surface area contributed by atoms with Crippen molar-refractivity contribution in [2.24, 2.45) is 0 Å². The molecule has 6 heteroatoms. The number of carbonyl (C=O) groups is 1. The first-order valence-electron chi connectivity index (χ1n) is 7.90. The van der Waals surface area contributed by atoms with E-state index >= 15 is 0 Å². The predicted molar refractivity (Wildman–Crippen MR) is 92.1 cm³/mol. The second-order valence-electron chi connectivity index (χ2n) is 6.01. The molecule has 1 aromatic heterocycles. The molecule has 0 amide bonds. The lowest BCUT2D eigenvalue weighted by Gasteiger charge is -2.27. The number of nitrogens with one attached hydrogen (secondary N) is 1. The number of esters is 1. The fraction of sp³-hybridized carbons (Fsp3) is 0.471. The summed E-state index contributed by atoms with van der Waals surface area (Å²) in [6, 6.07) is 5.40.